The second kappa shape index (κ2) is 7.51. The summed E-state index contributed by atoms with van der Waals surface area (Å²) in [7, 11) is 0. The Hall–Kier alpha value is -1.72. The third-order valence-electron chi connectivity index (χ3n) is 4.06. The van der Waals surface area contributed by atoms with Crippen molar-refractivity contribution in [1.82, 2.24) is 10.6 Å². The third-order valence-corrected chi connectivity index (χ3v) is 4.06. The highest BCUT2D eigenvalue weighted by atomic mass is 16.3. The van der Waals surface area contributed by atoms with Crippen molar-refractivity contribution in [3.63, 3.8) is 0 Å². The number of aryl methyl sites for hydroxylation is 1. The molecule has 1 fully saturated rings. The van der Waals surface area contributed by atoms with Crippen molar-refractivity contribution in [2.75, 3.05) is 6.54 Å². The van der Waals surface area contributed by atoms with Gasteiger partial charge in [0.1, 0.15) is 0 Å². The fourth-order valence-electron chi connectivity index (χ4n) is 2.72. The molecule has 0 aliphatic carbocycles. The number of rotatable bonds is 6. The number of piperidine rings is 1. The highest BCUT2D eigenvalue weighted by molar-refractivity contribution is 5.97. The van der Waals surface area contributed by atoms with E-state index in [2.05, 4.69) is 48.7 Å². The van der Waals surface area contributed by atoms with Crippen LogP contribution in [0.2, 0.25) is 0 Å². The maximum Gasteiger partial charge on any atom is 0.226 e. The zero-order valence-electron chi connectivity index (χ0n) is 13.1. The van der Waals surface area contributed by atoms with E-state index in [0.29, 0.717) is 6.54 Å². The Morgan fingerprint density at radius 2 is 1.82 bits per heavy atom. The first-order valence-corrected chi connectivity index (χ1v) is 7.73. The number of aliphatic hydroxyl groups excluding tert-OH is 1. The molecule has 1 aliphatic heterocycles. The zero-order chi connectivity index (χ0) is 16.1. The molecule has 0 bridgehead atoms. The van der Waals surface area contributed by atoms with Crippen LogP contribution in [0.1, 0.15) is 30.9 Å². The first-order chi connectivity index (χ1) is 10.4. The predicted octanol–water partition coefficient (Wildman–Crippen LogP) is 0.929. The average Bonchev–Trinajstić information content (AvgIpc) is 2.46. The van der Waals surface area contributed by atoms with Gasteiger partial charge in [0.2, 0.25) is 11.8 Å². The molecule has 0 saturated carbocycles. The quantitative estimate of drug-likeness (QED) is 0.683. The van der Waals surface area contributed by atoms with Gasteiger partial charge in [-0.2, -0.15) is 0 Å². The van der Waals surface area contributed by atoms with Crippen molar-refractivity contribution in [3.8, 4) is 0 Å². The fraction of sp³-hybridized carbons (Fsp3) is 0.529. The van der Waals surface area contributed by atoms with Gasteiger partial charge in [-0.15, -0.1) is 0 Å². The van der Waals surface area contributed by atoms with Gasteiger partial charge in [-0.1, -0.05) is 29.8 Å². The van der Waals surface area contributed by atoms with Gasteiger partial charge in [0.05, 0.1) is 6.10 Å². The van der Waals surface area contributed by atoms with Gasteiger partial charge in [0, 0.05) is 31.3 Å². The minimum absolute atomic E-state index is 0.209. The lowest BCUT2D eigenvalue weighted by Gasteiger charge is -2.27. The number of carbonyl (C=O) groups excluding carboxylic acids is 2. The van der Waals surface area contributed by atoms with Gasteiger partial charge in [-0.25, -0.2) is 0 Å². The van der Waals surface area contributed by atoms with Gasteiger partial charge >= 0.3 is 0 Å². The van der Waals surface area contributed by atoms with E-state index in [1.807, 2.05) is 0 Å². The highest BCUT2D eigenvalue weighted by Crippen LogP contribution is 2.17. The van der Waals surface area contributed by atoms with Crippen molar-refractivity contribution in [2.45, 2.75) is 45.3 Å². The summed E-state index contributed by atoms with van der Waals surface area (Å²) in [6.45, 7) is 4.51. The minimum atomic E-state index is -0.685. The van der Waals surface area contributed by atoms with E-state index in [1.54, 1.807) is 0 Å². The molecule has 0 spiro atoms. The molecule has 5 heteroatoms. The van der Waals surface area contributed by atoms with Gasteiger partial charge < -0.3 is 10.4 Å². The molecule has 0 aromatic heterocycles. The van der Waals surface area contributed by atoms with E-state index in [4.69, 9.17) is 0 Å². The summed E-state index contributed by atoms with van der Waals surface area (Å²) in [5.41, 5.74) is 2.48. The van der Waals surface area contributed by atoms with Crippen LogP contribution in [0.15, 0.2) is 24.3 Å². The predicted molar refractivity (Wildman–Crippen MR) is 84.2 cm³/mol. The molecule has 1 aromatic rings. The molecular weight excluding hydrogens is 280 g/mol. The molecule has 2 atom stereocenters. The molecule has 2 amide bonds. The lowest BCUT2D eigenvalue weighted by molar-refractivity contribution is -0.136. The number of nitrogens with one attached hydrogen (secondary N) is 2. The number of imide groups is 1. The van der Waals surface area contributed by atoms with E-state index in [-0.39, 0.29) is 36.6 Å². The summed E-state index contributed by atoms with van der Waals surface area (Å²) >= 11 is 0. The second-order valence-corrected chi connectivity index (χ2v) is 6.21. The van der Waals surface area contributed by atoms with E-state index in [9.17, 15) is 14.7 Å². The normalized spacial score (nSPS) is 18.9. The molecule has 1 heterocycles. The maximum absolute atomic E-state index is 11.3. The standard InChI is InChI=1S/C17H24N2O3/c1-11-3-5-13(6-4-11)7-12(2)18-10-15(20)14-8-16(21)19-17(22)9-14/h3-6,12,14-15,18,20H,7-10H2,1-2H3,(H,19,21,22). The van der Waals surface area contributed by atoms with Crippen molar-refractivity contribution < 1.29 is 14.7 Å². The molecule has 1 aliphatic rings. The van der Waals surface area contributed by atoms with Crippen LogP contribution in [-0.4, -0.2) is 35.6 Å². The van der Waals surface area contributed by atoms with Crippen molar-refractivity contribution in [2.24, 2.45) is 5.92 Å². The molecule has 0 radical (unpaired) electrons. The lowest BCUT2D eigenvalue weighted by atomic mass is 9.91. The maximum atomic E-state index is 11.3. The third kappa shape index (κ3) is 4.93. The summed E-state index contributed by atoms with van der Waals surface area (Å²) in [6.07, 6.45) is 0.606. The zero-order valence-corrected chi connectivity index (χ0v) is 13.1. The summed E-state index contributed by atoms with van der Waals surface area (Å²) in [6, 6.07) is 8.60. The molecule has 2 rings (SSSR count). The first-order valence-electron chi connectivity index (χ1n) is 7.73. The van der Waals surface area contributed by atoms with Crippen LogP contribution >= 0.6 is 0 Å². The van der Waals surface area contributed by atoms with E-state index < -0.39 is 6.10 Å². The van der Waals surface area contributed by atoms with Gasteiger partial charge in [0.25, 0.3) is 0 Å². The highest BCUT2D eigenvalue weighted by Gasteiger charge is 2.30. The number of benzene rings is 1. The molecule has 3 N–H and O–H groups in total. The van der Waals surface area contributed by atoms with Gasteiger partial charge in [0.15, 0.2) is 0 Å². The van der Waals surface area contributed by atoms with Crippen molar-refractivity contribution >= 4 is 11.8 Å². The SMILES string of the molecule is Cc1ccc(CC(C)NCC(O)C2CC(=O)NC(=O)C2)cc1. The topological polar surface area (TPSA) is 78.4 Å². The van der Waals surface area contributed by atoms with Crippen LogP contribution < -0.4 is 10.6 Å². The van der Waals surface area contributed by atoms with Crippen molar-refractivity contribution in [3.05, 3.63) is 35.4 Å². The van der Waals surface area contributed by atoms with E-state index in [0.717, 1.165) is 6.42 Å². The second-order valence-electron chi connectivity index (χ2n) is 6.21. The molecule has 1 aromatic carbocycles. The van der Waals surface area contributed by atoms with E-state index in [1.165, 1.54) is 11.1 Å². The van der Waals surface area contributed by atoms with Crippen LogP contribution in [0.4, 0.5) is 0 Å². The van der Waals surface area contributed by atoms with Crippen LogP contribution in [0, 0.1) is 12.8 Å². The van der Waals surface area contributed by atoms with Crippen molar-refractivity contribution in [1.29, 1.82) is 0 Å². The van der Waals surface area contributed by atoms with Crippen LogP contribution in [0.5, 0.6) is 0 Å². The van der Waals surface area contributed by atoms with Gasteiger partial charge in [-0.05, 0) is 25.8 Å². The smallest absolute Gasteiger partial charge is 0.226 e. The van der Waals surface area contributed by atoms with Crippen LogP contribution in [0.3, 0.4) is 0 Å². The fourth-order valence-corrected chi connectivity index (χ4v) is 2.72. The Bertz CT molecular complexity index is 511. The Morgan fingerprint density at radius 1 is 1.23 bits per heavy atom. The Balaban J connectivity index is 1.77. The molecule has 1 saturated heterocycles. The average molecular weight is 304 g/mol. The number of carbonyl (C=O) groups is 2. The largest absolute Gasteiger partial charge is 0.391 e. The monoisotopic (exact) mass is 304 g/mol. The number of hydrogen-bond acceptors (Lipinski definition) is 4. The summed E-state index contributed by atoms with van der Waals surface area (Å²) in [4.78, 5) is 22.7. The number of amides is 2. The Morgan fingerprint density at radius 3 is 2.41 bits per heavy atom. The summed E-state index contributed by atoms with van der Waals surface area (Å²) < 4.78 is 0. The minimum Gasteiger partial charge on any atom is -0.391 e. The molecule has 22 heavy (non-hydrogen) atoms. The molecule has 5 nitrogen and oxygen atoms in total. The van der Waals surface area contributed by atoms with Crippen LogP contribution in [-0.2, 0) is 16.0 Å². The Kier molecular flexibility index (Phi) is 5.69. The molecule has 2 unspecified atom stereocenters. The van der Waals surface area contributed by atoms with Gasteiger partial charge in [-0.3, -0.25) is 14.9 Å². The molecule has 120 valence electrons. The van der Waals surface area contributed by atoms with E-state index >= 15 is 0 Å². The summed E-state index contributed by atoms with van der Waals surface area (Å²) in [5.74, 6) is -0.888. The molecular formula is C17H24N2O3. The lowest BCUT2D eigenvalue weighted by Crippen LogP contribution is -2.46. The number of hydrogen-bond donors (Lipinski definition) is 3. The Labute approximate surface area is 131 Å². The number of aliphatic hydroxyl groups is 1. The summed E-state index contributed by atoms with van der Waals surface area (Å²) in [5, 5.41) is 15.7. The van der Waals surface area contributed by atoms with Crippen LogP contribution in [0.25, 0.3) is 0 Å². The first kappa shape index (κ1) is 16.6.